The van der Waals surface area contributed by atoms with E-state index in [1.807, 2.05) is 4.90 Å². The molecule has 1 aromatic heterocycles. The van der Waals surface area contributed by atoms with Crippen LogP contribution in [0.3, 0.4) is 0 Å². The number of pyridine rings is 1. The number of halogens is 1. The third-order valence-corrected chi connectivity index (χ3v) is 2.96. The number of hydrogen-bond acceptors (Lipinski definition) is 5. The molecule has 0 saturated heterocycles. The van der Waals surface area contributed by atoms with Crippen molar-refractivity contribution in [3.63, 3.8) is 0 Å². The number of anilines is 1. The number of hydrogen-bond donors (Lipinski definition) is 1. The zero-order chi connectivity index (χ0) is 14.3. The highest BCUT2D eigenvalue weighted by molar-refractivity contribution is 6.33. The fourth-order valence-electron chi connectivity index (χ4n) is 1.69. The molecular formula is C12H18ClN3O3. The van der Waals surface area contributed by atoms with Gasteiger partial charge in [-0.05, 0) is 12.8 Å². The molecule has 0 atom stereocenters. The molecule has 0 radical (unpaired) electrons. The monoisotopic (exact) mass is 287 g/mol. The quantitative estimate of drug-likeness (QED) is 0.587. The van der Waals surface area contributed by atoms with Gasteiger partial charge in [-0.1, -0.05) is 24.9 Å². The van der Waals surface area contributed by atoms with E-state index in [-0.39, 0.29) is 17.3 Å². The maximum Gasteiger partial charge on any atom is 0.289 e. The first-order chi connectivity index (χ1) is 9.10. The summed E-state index contributed by atoms with van der Waals surface area (Å²) in [4.78, 5) is 16.1. The van der Waals surface area contributed by atoms with Gasteiger partial charge in [0.1, 0.15) is 12.0 Å². The molecule has 0 spiro atoms. The Labute approximate surface area is 117 Å². The molecule has 0 aliphatic carbocycles. The van der Waals surface area contributed by atoms with Crippen molar-refractivity contribution in [1.29, 1.82) is 0 Å². The molecule has 1 aromatic rings. The molecule has 19 heavy (non-hydrogen) atoms. The summed E-state index contributed by atoms with van der Waals surface area (Å²) in [5, 5.41) is 19.8. The number of nitrogens with zero attached hydrogens (tertiary/aromatic N) is 3. The molecule has 0 aliphatic rings. The van der Waals surface area contributed by atoms with Gasteiger partial charge in [-0.2, -0.15) is 0 Å². The molecule has 1 rings (SSSR count). The van der Waals surface area contributed by atoms with E-state index in [2.05, 4.69) is 11.9 Å². The normalized spacial score (nSPS) is 10.5. The highest BCUT2D eigenvalue weighted by Gasteiger charge is 2.15. The van der Waals surface area contributed by atoms with Crippen molar-refractivity contribution in [2.45, 2.75) is 26.2 Å². The minimum Gasteiger partial charge on any atom is -0.396 e. The van der Waals surface area contributed by atoms with E-state index in [9.17, 15) is 10.1 Å². The van der Waals surface area contributed by atoms with Gasteiger partial charge in [0.2, 0.25) is 0 Å². The van der Waals surface area contributed by atoms with Crippen LogP contribution in [0.25, 0.3) is 0 Å². The van der Waals surface area contributed by atoms with Crippen molar-refractivity contribution >= 4 is 23.1 Å². The van der Waals surface area contributed by atoms with Crippen LogP contribution in [-0.2, 0) is 0 Å². The van der Waals surface area contributed by atoms with E-state index in [0.29, 0.717) is 18.8 Å². The van der Waals surface area contributed by atoms with Crippen LogP contribution in [0, 0.1) is 10.1 Å². The largest absolute Gasteiger partial charge is 0.396 e. The summed E-state index contributed by atoms with van der Waals surface area (Å²) >= 11 is 6.05. The molecular weight excluding hydrogens is 270 g/mol. The van der Waals surface area contributed by atoms with Crippen molar-refractivity contribution in [2.75, 3.05) is 24.6 Å². The Bertz CT molecular complexity index is 421. The molecule has 106 valence electrons. The lowest BCUT2D eigenvalue weighted by Gasteiger charge is -2.24. The molecule has 0 saturated carbocycles. The van der Waals surface area contributed by atoms with E-state index < -0.39 is 4.92 Å². The molecule has 0 fully saturated rings. The third kappa shape index (κ3) is 4.65. The lowest BCUT2D eigenvalue weighted by Crippen LogP contribution is -2.27. The predicted octanol–water partition coefficient (Wildman–Crippen LogP) is 2.63. The Morgan fingerprint density at radius 3 is 2.68 bits per heavy atom. The van der Waals surface area contributed by atoms with Gasteiger partial charge < -0.3 is 10.0 Å². The van der Waals surface area contributed by atoms with Crippen LogP contribution >= 0.6 is 11.6 Å². The second-order valence-corrected chi connectivity index (χ2v) is 4.58. The van der Waals surface area contributed by atoms with Crippen LogP contribution in [0.5, 0.6) is 0 Å². The number of aliphatic hydroxyl groups excluding tert-OH is 1. The van der Waals surface area contributed by atoms with Gasteiger partial charge in [0.05, 0.1) is 9.95 Å². The zero-order valence-electron chi connectivity index (χ0n) is 10.9. The fourth-order valence-corrected chi connectivity index (χ4v) is 1.97. The van der Waals surface area contributed by atoms with E-state index in [0.717, 1.165) is 19.4 Å². The van der Waals surface area contributed by atoms with Crippen LogP contribution in [0.2, 0.25) is 5.02 Å². The predicted molar refractivity (Wildman–Crippen MR) is 74.7 cm³/mol. The molecule has 0 aromatic carbocycles. The van der Waals surface area contributed by atoms with Gasteiger partial charge in [-0.3, -0.25) is 10.1 Å². The standard InChI is InChI=1S/C12H18ClN3O3/c1-2-3-5-15(6-4-7-17)12-11(13)8-10(9-14-12)16(18)19/h8-9,17H,2-7H2,1H3. The Morgan fingerprint density at radius 1 is 1.47 bits per heavy atom. The summed E-state index contributed by atoms with van der Waals surface area (Å²) in [5.41, 5.74) is -0.119. The first kappa shape index (κ1) is 15.7. The molecule has 7 heteroatoms. The van der Waals surface area contributed by atoms with E-state index >= 15 is 0 Å². The summed E-state index contributed by atoms with van der Waals surface area (Å²) in [6.45, 7) is 3.56. The number of aliphatic hydroxyl groups is 1. The molecule has 1 heterocycles. The second kappa shape index (κ2) is 7.91. The average Bonchev–Trinajstić information content (AvgIpc) is 2.39. The molecule has 1 N–H and O–H groups in total. The maximum atomic E-state index is 10.6. The summed E-state index contributed by atoms with van der Waals surface area (Å²) in [5.74, 6) is 0.536. The van der Waals surface area contributed by atoms with Crippen LogP contribution < -0.4 is 4.90 Å². The van der Waals surface area contributed by atoms with Gasteiger partial charge >= 0.3 is 0 Å². The lowest BCUT2D eigenvalue weighted by atomic mass is 10.3. The SMILES string of the molecule is CCCCN(CCCO)c1ncc([N+](=O)[O-])cc1Cl. The first-order valence-corrected chi connectivity index (χ1v) is 6.63. The third-order valence-electron chi connectivity index (χ3n) is 2.69. The van der Waals surface area contributed by atoms with Crippen molar-refractivity contribution in [3.8, 4) is 0 Å². The highest BCUT2D eigenvalue weighted by atomic mass is 35.5. The number of unbranched alkanes of at least 4 members (excludes halogenated alkanes) is 1. The zero-order valence-corrected chi connectivity index (χ0v) is 11.6. The van der Waals surface area contributed by atoms with E-state index in [1.165, 1.54) is 12.3 Å². The van der Waals surface area contributed by atoms with Gasteiger partial charge in [0.15, 0.2) is 0 Å². The number of aromatic nitrogens is 1. The van der Waals surface area contributed by atoms with Gasteiger partial charge in [-0.25, -0.2) is 4.98 Å². The van der Waals surface area contributed by atoms with E-state index in [4.69, 9.17) is 16.7 Å². The Kier molecular flexibility index (Phi) is 6.52. The Morgan fingerprint density at radius 2 is 2.16 bits per heavy atom. The summed E-state index contributed by atoms with van der Waals surface area (Å²) in [7, 11) is 0. The van der Waals surface area contributed by atoms with Crippen LogP contribution in [0.4, 0.5) is 11.5 Å². The van der Waals surface area contributed by atoms with Crippen LogP contribution in [0.1, 0.15) is 26.2 Å². The fraction of sp³-hybridized carbons (Fsp3) is 0.583. The average molecular weight is 288 g/mol. The van der Waals surface area contributed by atoms with Crippen molar-refractivity contribution in [1.82, 2.24) is 4.98 Å². The smallest absolute Gasteiger partial charge is 0.289 e. The van der Waals surface area contributed by atoms with Crippen molar-refractivity contribution in [3.05, 3.63) is 27.4 Å². The van der Waals surface area contributed by atoms with Gasteiger partial charge in [0.25, 0.3) is 5.69 Å². The van der Waals surface area contributed by atoms with Gasteiger partial charge in [-0.15, -0.1) is 0 Å². The van der Waals surface area contributed by atoms with Crippen LogP contribution in [-0.4, -0.2) is 34.7 Å². The number of nitro groups is 1. The first-order valence-electron chi connectivity index (χ1n) is 6.25. The van der Waals surface area contributed by atoms with E-state index in [1.54, 1.807) is 0 Å². The maximum absolute atomic E-state index is 10.6. The van der Waals surface area contributed by atoms with Gasteiger partial charge in [0, 0.05) is 25.8 Å². The molecule has 6 nitrogen and oxygen atoms in total. The molecule has 0 aliphatic heterocycles. The number of rotatable bonds is 8. The highest BCUT2D eigenvalue weighted by Crippen LogP contribution is 2.27. The minimum atomic E-state index is -0.521. The Hall–Kier alpha value is -1.40. The minimum absolute atomic E-state index is 0.0905. The summed E-state index contributed by atoms with van der Waals surface area (Å²) in [6.07, 6.45) is 3.82. The Balaban J connectivity index is 2.90. The summed E-state index contributed by atoms with van der Waals surface area (Å²) < 4.78 is 0. The van der Waals surface area contributed by atoms with Crippen molar-refractivity contribution in [2.24, 2.45) is 0 Å². The van der Waals surface area contributed by atoms with Crippen molar-refractivity contribution < 1.29 is 10.0 Å². The van der Waals surface area contributed by atoms with Crippen LogP contribution in [0.15, 0.2) is 12.3 Å². The molecule has 0 amide bonds. The molecule has 0 bridgehead atoms. The second-order valence-electron chi connectivity index (χ2n) is 4.17. The topological polar surface area (TPSA) is 79.5 Å². The molecule has 0 unspecified atom stereocenters. The lowest BCUT2D eigenvalue weighted by molar-refractivity contribution is -0.385. The summed E-state index contributed by atoms with van der Waals surface area (Å²) in [6, 6.07) is 1.31.